The monoisotopic (exact) mass is 282 g/mol. The Morgan fingerprint density at radius 1 is 1.00 bits per heavy atom. The summed E-state index contributed by atoms with van der Waals surface area (Å²) >= 11 is 0. The van der Waals surface area contributed by atoms with Gasteiger partial charge in [0.25, 0.3) is 0 Å². The largest absolute Gasteiger partial charge is 0.481 e. The number of aliphatic carboxylic acids is 1. The van der Waals surface area contributed by atoms with Gasteiger partial charge in [-0.05, 0) is 32.1 Å². The van der Waals surface area contributed by atoms with Crippen LogP contribution in [0.3, 0.4) is 0 Å². The van der Waals surface area contributed by atoms with Crippen molar-refractivity contribution in [1.82, 2.24) is 9.80 Å². The third kappa shape index (κ3) is 3.71. The molecule has 114 valence electrons. The van der Waals surface area contributed by atoms with Gasteiger partial charge in [0.15, 0.2) is 0 Å². The van der Waals surface area contributed by atoms with Crippen LogP contribution in [-0.2, 0) is 9.53 Å². The molecule has 1 aliphatic carbocycles. The summed E-state index contributed by atoms with van der Waals surface area (Å²) in [6, 6.07) is 1.65. The molecule has 5 heteroatoms. The van der Waals surface area contributed by atoms with E-state index in [1.807, 2.05) is 0 Å². The molecule has 1 unspecified atom stereocenters. The van der Waals surface area contributed by atoms with Crippen LogP contribution >= 0.6 is 0 Å². The second-order valence-electron chi connectivity index (χ2n) is 6.42. The van der Waals surface area contributed by atoms with Gasteiger partial charge in [0.1, 0.15) is 0 Å². The molecular formula is C15H26N2O3. The van der Waals surface area contributed by atoms with Gasteiger partial charge < -0.3 is 9.84 Å². The van der Waals surface area contributed by atoms with E-state index in [1.165, 1.54) is 32.4 Å². The van der Waals surface area contributed by atoms with Crippen LogP contribution in [0, 0.1) is 0 Å². The number of piperidine rings is 1. The molecule has 2 aliphatic heterocycles. The van der Waals surface area contributed by atoms with E-state index in [9.17, 15) is 4.79 Å². The first-order valence-corrected chi connectivity index (χ1v) is 8.04. The van der Waals surface area contributed by atoms with Gasteiger partial charge in [0.2, 0.25) is 0 Å². The molecule has 0 aromatic carbocycles. The summed E-state index contributed by atoms with van der Waals surface area (Å²) in [6.07, 6.45) is 6.64. The molecule has 0 aromatic heterocycles. The summed E-state index contributed by atoms with van der Waals surface area (Å²) in [5.41, 5.74) is 0. The van der Waals surface area contributed by atoms with Crippen LogP contribution in [0.5, 0.6) is 0 Å². The SMILES string of the molecule is O=C(O)CCOC1CCN(C2CCN(C3CC3)C2)CC1. The molecule has 3 rings (SSSR count). The number of rotatable bonds is 6. The number of carbonyl (C=O) groups is 1. The summed E-state index contributed by atoms with van der Waals surface area (Å²) < 4.78 is 5.66. The number of hydrogen-bond donors (Lipinski definition) is 1. The van der Waals surface area contributed by atoms with E-state index in [4.69, 9.17) is 9.84 Å². The average Bonchev–Trinajstić information content (AvgIpc) is 3.17. The van der Waals surface area contributed by atoms with Gasteiger partial charge in [-0.1, -0.05) is 0 Å². The van der Waals surface area contributed by atoms with Crippen molar-refractivity contribution >= 4 is 5.97 Å². The highest BCUT2D eigenvalue weighted by Crippen LogP contribution is 2.31. The maximum absolute atomic E-state index is 10.5. The van der Waals surface area contributed by atoms with E-state index in [2.05, 4.69) is 9.80 Å². The number of hydrogen-bond acceptors (Lipinski definition) is 4. The molecule has 3 fully saturated rings. The molecule has 2 heterocycles. The van der Waals surface area contributed by atoms with Gasteiger partial charge in [0, 0.05) is 38.3 Å². The first kappa shape index (κ1) is 14.3. The van der Waals surface area contributed by atoms with Crippen LogP contribution in [0.25, 0.3) is 0 Å². The van der Waals surface area contributed by atoms with Gasteiger partial charge >= 0.3 is 5.97 Å². The van der Waals surface area contributed by atoms with Crippen molar-refractivity contribution in [2.45, 2.75) is 56.7 Å². The smallest absolute Gasteiger partial charge is 0.305 e. The molecule has 0 aromatic rings. The second kappa shape index (κ2) is 6.41. The first-order valence-electron chi connectivity index (χ1n) is 8.04. The Morgan fingerprint density at radius 2 is 1.70 bits per heavy atom. The van der Waals surface area contributed by atoms with E-state index in [0.717, 1.165) is 38.0 Å². The number of carboxylic acids is 1. The Morgan fingerprint density at radius 3 is 2.35 bits per heavy atom. The molecule has 3 aliphatic rings. The lowest BCUT2D eigenvalue weighted by molar-refractivity contribution is -0.138. The fourth-order valence-electron chi connectivity index (χ4n) is 3.56. The van der Waals surface area contributed by atoms with E-state index in [1.54, 1.807) is 0 Å². The molecule has 0 amide bonds. The highest BCUT2D eigenvalue weighted by atomic mass is 16.5. The Hall–Kier alpha value is -0.650. The third-order valence-corrected chi connectivity index (χ3v) is 4.92. The van der Waals surface area contributed by atoms with E-state index in [0.29, 0.717) is 6.61 Å². The molecule has 1 saturated carbocycles. The molecule has 20 heavy (non-hydrogen) atoms. The average molecular weight is 282 g/mol. The number of ether oxygens (including phenoxy) is 1. The molecule has 0 radical (unpaired) electrons. The zero-order chi connectivity index (χ0) is 13.9. The number of likely N-dealkylation sites (tertiary alicyclic amines) is 2. The van der Waals surface area contributed by atoms with Crippen LogP contribution in [0.2, 0.25) is 0 Å². The zero-order valence-electron chi connectivity index (χ0n) is 12.2. The van der Waals surface area contributed by atoms with Gasteiger partial charge in [-0.25, -0.2) is 0 Å². The lowest BCUT2D eigenvalue weighted by atomic mass is 10.0. The van der Waals surface area contributed by atoms with Crippen molar-refractivity contribution in [3.63, 3.8) is 0 Å². The van der Waals surface area contributed by atoms with Gasteiger partial charge in [-0.3, -0.25) is 14.6 Å². The quantitative estimate of drug-likeness (QED) is 0.793. The lowest BCUT2D eigenvalue weighted by Gasteiger charge is -2.35. The molecule has 0 spiro atoms. The van der Waals surface area contributed by atoms with Gasteiger partial charge in [-0.15, -0.1) is 0 Å². The highest BCUT2D eigenvalue weighted by Gasteiger charge is 2.37. The van der Waals surface area contributed by atoms with Crippen LogP contribution < -0.4 is 0 Å². The fourth-order valence-corrected chi connectivity index (χ4v) is 3.56. The minimum absolute atomic E-state index is 0.124. The lowest BCUT2D eigenvalue weighted by Crippen LogP contribution is -2.44. The Balaban J connectivity index is 1.35. The molecule has 1 atom stereocenters. The zero-order valence-corrected chi connectivity index (χ0v) is 12.2. The van der Waals surface area contributed by atoms with Crippen LogP contribution in [0.4, 0.5) is 0 Å². The maximum atomic E-state index is 10.5. The third-order valence-electron chi connectivity index (χ3n) is 4.92. The van der Waals surface area contributed by atoms with Gasteiger partial charge in [0.05, 0.1) is 19.1 Å². The standard InChI is InChI=1S/C15H26N2O3/c18-15(19)6-10-20-14-4-8-16(9-5-14)13-3-7-17(11-13)12-1-2-12/h12-14H,1-11H2,(H,18,19). The summed E-state index contributed by atoms with van der Waals surface area (Å²) in [7, 11) is 0. The molecule has 1 N–H and O–H groups in total. The number of carboxylic acid groups (broad SMARTS) is 1. The predicted octanol–water partition coefficient (Wildman–Crippen LogP) is 1.18. The van der Waals surface area contributed by atoms with E-state index < -0.39 is 5.97 Å². The summed E-state index contributed by atoms with van der Waals surface area (Å²) in [4.78, 5) is 15.8. The number of nitrogens with zero attached hydrogens (tertiary/aromatic N) is 2. The van der Waals surface area contributed by atoms with Crippen molar-refractivity contribution in [3.8, 4) is 0 Å². The Kier molecular flexibility index (Phi) is 4.58. The normalized spacial score (nSPS) is 29.9. The van der Waals surface area contributed by atoms with Crippen molar-refractivity contribution in [2.75, 3.05) is 32.8 Å². The van der Waals surface area contributed by atoms with Crippen LogP contribution in [0.15, 0.2) is 0 Å². The maximum Gasteiger partial charge on any atom is 0.305 e. The van der Waals surface area contributed by atoms with E-state index >= 15 is 0 Å². The fraction of sp³-hybridized carbons (Fsp3) is 0.933. The summed E-state index contributed by atoms with van der Waals surface area (Å²) in [5.74, 6) is -0.770. The minimum Gasteiger partial charge on any atom is -0.481 e. The molecular weight excluding hydrogens is 256 g/mol. The molecule has 0 bridgehead atoms. The molecule has 2 saturated heterocycles. The van der Waals surface area contributed by atoms with Crippen molar-refractivity contribution < 1.29 is 14.6 Å². The van der Waals surface area contributed by atoms with Gasteiger partial charge in [-0.2, -0.15) is 0 Å². The van der Waals surface area contributed by atoms with Crippen molar-refractivity contribution in [1.29, 1.82) is 0 Å². The summed E-state index contributed by atoms with van der Waals surface area (Å²) in [5, 5.41) is 8.61. The predicted molar refractivity (Wildman–Crippen MR) is 75.8 cm³/mol. The van der Waals surface area contributed by atoms with Crippen LogP contribution in [-0.4, -0.2) is 71.8 Å². The molecule has 5 nitrogen and oxygen atoms in total. The minimum atomic E-state index is -0.770. The van der Waals surface area contributed by atoms with Crippen LogP contribution in [0.1, 0.15) is 38.5 Å². The van der Waals surface area contributed by atoms with Crippen molar-refractivity contribution in [2.24, 2.45) is 0 Å². The Labute approximate surface area is 120 Å². The second-order valence-corrected chi connectivity index (χ2v) is 6.42. The topological polar surface area (TPSA) is 53.0 Å². The van der Waals surface area contributed by atoms with Crippen molar-refractivity contribution in [3.05, 3.63) is 0 Å². The highest BCUT2D eigenvalue weighted by molar-refractivity contribution is 5.66. The first-order chi connectivity index (χ1) is 9.72. The van der Waals surface area contributed by atoms with E-state index in [-0.39, 0.29) is 12.5 Å². The Bertz CT molecular complexity index is 338. The summed E-state index contributed by atoms with van der Waals surface area (Å²) in [6.45, 7) is 5.13.